The fraction of sp³-hybridized carbons (Fsp3) is 0.333. The molecule has 10 heteroatoms. The van der Waals surface area contributed by atoms with E-state index in [1.165, 1.54) is 19.5 Å². The first-order chi connectivity index (χ1) is 17.7. The highest BCUT2D eigenvalue weighted by Gasteiger charge is 2.76. The minimum atomic E-state index is -4.46. The zero-order valence-electron chi connectivity index (χ0n) is 19.7. The van der Waals surface area contributed by atoms with Gasteiger partial charge in [0, 0.05) is 18.4 Å². The van der Waals surface area contributed by atoms with Gasteiger partial charge in [0.1, 0.15) is 11.5 Å². The monoisotopic (exact) mass is 511 g/mol. The Balaban J connectivity index is 1.76. The van der Waals surface area contributed by atoms with Crippen LogP contribution >= 0.6 is 0 Å². The molecule has 1 aliphatic carbocycles. The predicted molar refractivity (Wildman–Crippen MR) is 126 cm³/mol. The lowest BCUT2D eigenvalue weighted by molar-refractivity contribution is -0.152. The van der Waals surface area contributed by atoms with Gasteiger partial charge in [-0.15, -0.1) is 0 Å². The van der Waals surface area contributed by atoms with Crippen molar-refractivity contribution in [1.29, 1.82) is 5.26 Å². The van der Waals surface area contributed by atoms with Crippen molar-refractivity contribution < 1.29 is 32.9 Å². The van der Waals surface area contributed by atoms with E-state index in [0.717, 1.165) is 0 Å². The van der Waals surface area contributed by atoms with Crippen LogP contribution in [0.15, 0.2) is 67.0 Å². The van der Waals surface area contributed by atoms with Crippen LogP contribution in [0.3, 0.4) is 0 Å². The lowest BCUT2D eigenvalue weighted by Crippen LogP contribution is -2.52. The van der Waals surface area contributed by atoms with Gasteiger partial charge in [-0.05, 0) is 23.3 Å². The molecule has 1 aliphatic heterocycles. The largest absolute Gasteiger partial charge is 0.495 e. The molecule has 1 aromatic heterocycles. The maximum absolute atomic E-state index is 13.0. The van der Waals surface area contributed by atoms with E-state index in [-0.39, 0.29) is 23.6 Å². The molecule has 3 N–H and O–H groups in total. The van der Waals surface area contributed by atoms with Gasteiger partial charge in [-0.25, -0.2) is 0 Å². The SMILES string of the molecule is COc1cncc2c1[C@]1(O)[C@H](O)[C@H](CNCC(F)(F)F)[C@@H](c3ccccc3)[C@]1(c1ccc(C#N)cc1)O2. The summed E-state index contributed by atoms with van der Waals surface area (Å²) >= 11 is 0. The van der Waals surface area contributed by atoms with E-state index in [9.17, 15) is 28.6 Å². The Kier molecular flexibility index (Phi) is 6.10. The molecule has 0 amide bonds. The van der Waals surface area contributed by atoms with Gasteiger partial charge in [0.15, 0.2) is 11.2 Å². The van der Waals surface area contributed by atoms with Gasteiger partial charge in [0.25, 0.3) is 0 Å². The number of ether oxygens (including phenoxy) is 2. The summed E-state index contributed by atoms with van der Waals surface area (Å²) in [6.45, 7) is -1.52. The fourth-order valence-electron chi connectivity index (χ4n) is 5.93. The minimum Gasteiger partial charge on any atom is -0.495 e. The Morgan fingerprint density at radius 3 is 2.46 bits per heavy atom. The average molecular weight is 512 g/mol. The van der Waals surface area contributed by atoms with Crippen LogP contribution in [-0.4, -0.2) is 47.7 Å². The van der Waals surface area contributed by atoms with E-state index in [0.29, 0.717) is 16.7 Å². The van der Waals surface area contributed by atoms with Crippen molar-refractivity contribution in [1.82, 2.24) is 10.3 Å². The molecular weight excluding hydrogens is 487 g/mol. The smallest absolute Gasteiger partial charge is 0.401 e. The van der Waals surface area contributed by atoms with Gasteiger partial charge in [0.05, 0.1) is 49.3 Å². The van der Waals surface area contributed by atoms with Crippen LogP contribution in [0.5, 0.6) is 11.5 Å². The maximum atomic E-state index is 13.0. The van der Waals surface area contributed by atoms with E-state index in [4.69, 9.17) is 9.47 Å². The summed E-state index contributed by atoms with van der Waals surface area (Å²) in [5.74, 6) is -1.35. The molecule has 192 valence electrons. The van der Waals surface area contributed by atoms with E-state index in [1.54, 1.807) is 54.6 Å². The van der Waals surface area contributed by atoms with Gasteiger partial charge in [-0.2, -0.15) is 18.4 Å². The van der Waals surface area contributed by atoms with Crippen molar-refractivity contribution >= 4 is 0 Å². The van der Waals surface area contributed by atoms with Gasteiger partial charge in [-0.1, -0.05) is 42.5 Å². The van der Waals surface area contributed by atoms with Crippen molar-refractivity contribution in [2.75, 3.05) is 20.2 Å². The second kappa shape index (κ2) is 9.03. The Hall–Kier alpha value is -3.65. The summed E-state index contributed by atoms with van der Waals surface area (Å²) in [5.41, 5.74) is -2.17. The quantitative estimate of drug-likeness (QED) is 0.466. The number of alkyl halides is 3. The average Bonchev–Trinajstić information content (AvgIpc) is 3.27. The van der Waals surface area contributed by atoms with Gasteiger partial charge in [0.2, 0.25) is 0 Å². The minimum absolute atomic E-state index is 0.168. The molecule has 2 aromatic carbocycles. The summed E-state index contributed by atoms with van der Waals surface area (Å²) in [6.07, 6.45) is -3.23. The third kappa shape index (κ3) is 3.73. The van der Waals surface area contributed by atoms with Crippen LogP contribution in [0, 0.1) is 17.2 Å². The van der Waals surface area contributed by atoms with Gasteiger partial charge >= 0.3 is 6.18 Å². The van der Waals surface area contributed by atoms with Gasteiger partial charge in [-0.3, -0.25) is 4.98 Å². The normalized spacial score (nSPS) is 28.2. The molecule has 5 rings (SSSR count). The number of fused-ring (bicyclic) bond motifs is 3. The highest BCUT2D eigenvalue weighted by Crippen LogP contribution is 2.69. The topological polar surface area (TPSA) is 108 Å². The number of methoxy groups -OCH3 is 1. The van der Waals surface area contributed by atoms with Crippen LogP contribution in [0.1, 0.15) is 28.2 Å². The van der Waals surface area contributed by atoms with Crippen LogP contribution < -0.4 is 14.8 Å². The molecule has 3 aromatic rings. The van der Waals surface area contributed by atoms with Crippen molar-refractivity contribution in [2.24, 2.45) is 5.92 Å². The summed E-state index contributed by atoms with van der Waals surface area (Å²) in [4.78, 5) is 4.13. The summed E-state index contributed by atoms with van der Waals surface area (Å²) in [6, 6.07) is 17.4. The second-order valence-electron chi connectivity index (χ2n) is 9.25. The Labute approximate surface area is 211 Å². The molecule has 37 heavy (non-hydrogen) atoms. The second-order valence-corrected chi connectivity index (χ2v) is 9.25. The molecule has 7 nitrogen and oxygen atoms in total. The van der Waals surface area contributed by atoms with Crippen molar-refractivity contribution in [2.45, 2.75) is 29.4 Å². The Bertz CT molecular complexity index is 1330. The molecule has 0 bridgehead atoms. The molecule has 0 spiro atoms. The summed E-state index contributed by atoms with van der Waals surface area (Å²) in [5, 5.41) is 36.1. The molecule has 5 atom stereocenters. The first-order valence-corrected chi connectivity index (χ1v) is 11.6. The maximum Gasteiger partial charge on any atom is 0.401 e. The molecule has 0 saturated heterocycles. The van der Waals surface area contributed by atoms with E-state index in [2.05, 4.69) is 16.4 Å². The number of halogens is 3. The molecule has 2 heterocycles. The number of nitrogens with zero attached hydrogens (tertiary/aromatic N) is 2. The predicted octanol–water partition coefficient (Wildman–Crippen LogP) is 3.36. The first kappa shape index (κ1) is 25.0. The Morgan fingerprint density at radius 1 is 1.14 bits per heavy atom. The highest BCUT2D eigenvalue weighted by molar-refractivity contribution is 5.59. The van der Waals surface area contributed by atoms with Crippen LogP contribution in [0.2, 0.25) is 0 Å². The number of benzene rings is 2. The number of nitrogens with one attached hydrogen (secondary N) is 1. The van der Waals surface area contributed by atoms with Crippen molar-refractivity contribution in [3.8, 4) is 17.6 Å². The number of nitriles is 1. The Morgan fingerprint density at radius 2 is 1.84 bits per heavy atom. The third-order valence-corrected chi connectivity index (χ3v) is 7.32. The van der Waals surface area contributed by atoms with E-state index >= 15 is 0 Å². The molecular formula is C27H24F3N3O4. The van der Waals surface area contributed by atoms with Crippen LogP contribution in [-0.2, 0) is 11.2 Å². The number of rotatable bonds is 6. The molecule has 2 aliphatic rings. The zero-order chi connectivity index (χ0) is 26.4. The number of aliphatic hydroxyl groups excluding tert-OH is 1. The van der Waals surface area contributed by atoms with E-state index in [1.807, 2.05) is 0 Å². The number of aliphatic hydroxyl groups is 2. The highest BCUT2D eigenvalue weighted by atomic mass is 19.4. The molecule has 0 unspecified atom stereocenters. The zero-order valence-corrected chi connectivity index (χ0v) is 19.7. The number of hydrogen-bond donors (Lipinski definition) is 3. The van der Waals surface area contributed by atoms with Crippen LogP contribution in [0.4, 0.5) is 13.2 Å². The summed E-state index contributed by atoms with van der Waals surface area (Å²) < 4.78 is 51.1. The standard InChI is InChI=1S/C27H24F3N3O4/c1-36-20-13-32-14-21-23(20)26(35)24(34)19(12-33-15-25(28,29)30)22(17-5-3-2-4-6-17)27(26,37-21)18-9-7-16(11-31)8-10-18/h2-10,13-14,19,22,24,33-35H,12,15H2,1H3/t19-,22-,24-,26+,27+/m1/s1. The molecule has 0 radical (unpaired) electrons. The van der Waals surface area contributed by atoms with Crippen molar-refractivity contribution in [3.63, 3.8) is 0 Å². The lowest BCUT2D eigenvalue weighted by Gasteiger charge is -2.41. The lowest BCUT2D eigenvalue weighted by atomic mass is 9.70. The summed E-state index contributed by atoms with van der Waals surface area (Å²) in [7, 11) is 1.39. The third-order valence-electron chi connectivity index (χ3n) is 7.32. The fourth-order valence-corrected chi connectivity index (χ4v) is 5.93. The van der Waals surface area contributed by atoms with Crippen LogP contribution in [0.25, 0.3) is 0 Å². The molecule has 1 saturated carbocycles. The molecule has 1 fully saturated rings. The number of pyridine rings is 1. The number of aromatic nitrogens is 1. The van der Waals surface area contributed by atoms with Gasteiger partial charge < -0.3 is 25.0 Å². The van der Waals surface area contributed by atoms with Crippen molar-refractivity contribution in [3.05, 3.63) is 89.2 Å². The number of hydrogen-bond acceptors (Lipinski definition) is 7. The van der Waals surface area contributed by atoms with E-state index < -0.39 is 41.9 Å². The first-order valence-electron chi connectivity index (χ1n) is 11.6.